The predicted molar refractivity (Wildman–Crippen MR) is 63.6 cm³/mol. The van der Waals surface area contributed by atoms with Gasteiger partial charge in [-0.15, -0.1) is 0 Å². The highest BCUT2D eigenvalue weighted by atomic mass is 19.1. The number of aromatic amines is 1. The minimum absolute atomic E-state index is 0.0393. The van der Waals surface area contributed by atoms with E-state index in [0.717, 1.165) is 12.3 Å². The van der Waals surface area contributed by atoms with Gasteiger partial charge in [-0.2, -0.15) is 0 Å². The van der Waals surface area contributed by atoms with E-state index in [-0.39, 0.29) is 11.4 Å². The lowest BCUT2D eigenvalue weighted by molar-refractivity contribution is 0.102. The summed E-state index contributed by atoms with van der Waals surface area (Å²) in [5.41, 5.74) is 5.27. The maximum Gasteiger partial charge on any atom is 0.275 e. The van der Waals surface area contributed by atoms with Crippen molar-refractivity contribution in [3.05, 3.63) is 52.5 Å². The van der Waals surface area contributed by atoms with Crippen LogP contribution in [0.1, 0.15) is 10.5 Å². The highest BCUT2D eigenvalue weighted by Gasteiger charge is 2.08. The molecule has 0 spiro atoms. The van der Waals surface area contributed by atoms with Crippen molar-refractivity contribution in [1.82, 2.24) is 9.97 Å². The average Bonchev–Trinajstić information content (AvgIpc) is 2.34. The summed E-state index contributed by atoms with van der Waals surface area (Å²) in [6.07, 6.45) is 2.18. The second-order valence-corrected chi connectivity index (χ2v) is 3.49. The van der Waals surface area contributed by atoms with Crippen LogP contribution in [0.2, 0.25) is 0 Å². The van der Waals surface area contributed by atoms with Crippen molar-refractivity contribution >= 4 is 17.3 Å². The van der Waals surface area contributed by atoms with E-state index in [1.807, 2.05) is 0 Å². The molecule has 1 heterocycles. The number of carbonyl (C=O) groups excluding carboxylic acids is 1. The summed E-state index contributed by atoms with van der Waals surface area (Å²) in [4.78, 5) is 28.4. The van der Waals surface area contributed by atoms with Gasteiger partial charge in [0, 0.05) is 11.9 Å². The lowest BCUT2D eigenvalue weighted by Crippen LogP contribution is -2.17. The number of benzene rings is 1. The molecule has 0 aliphatic heterocycles. The van der Waals surface area contributed by atoms with E-state index >= 15 is 0 Å². The fourth-order valence-electron chi connectivity index (χ4n) is 1.28. The number of carbonyl (C=O) groups is 1. The van der Waals surface area contributed by atoms with Crippen LogP contribution in [0.5, 0.6) is 0 Å². The van der Waals surface area contributed by atoms with Crippen LogP contribution >= 0.6 is 0 Å². The van der Waals surface area contributed by atoms with Crippen molar-refractivity contribution in [2.75, 3.05) is 11.1 Å². The van der Waals surface area contributed by atoms with Gasteiger partial charge in [-0.25, -0.2) is 9.37 Å². The molecule has 1 amide bonds. The minimum atomic E-state index is -0.560. The molecular weight excluding hydrogens is 239 g/mol. The van der Waals surface area contributed by atoms with E-state index in [1.54, 1.807) is 0 Å². The molecule has 0 bridgehead atoms. The average molecular weight is 248 g/mol. The van der Waals surface area contributed by atoms with Crippen molar-refractivity contribution in [2.24, 2.45) is 0 Å². The van der Waals surface area contributed by atoms with Crippen LogP contribution in [0.3, 0.4) is 0 Å². The SMILES string of the molecule is Nc1cc(NC(=O)c2c[nH]c(=O)cn2)ccc1F. The van der Waals surface area contributed by atoms with Crippen molar-refractivity contribution in [1.29, 1.82) is 0 Å². The molecule has 0 saturated heterocycles. The Bertz CT molecular complexity index is 633. The Labute approximate surface area is 101 Å². The lowest BCUT2D eigenvalue weighted by Gasteiger charge is -2.05. The Morgan fingerprint density at radius 3 is 2.83 bits per heavy atom. The van der Waals surface area contributed by atoms with Crippen molar-refractivity contribution in [3.8, 4) is 0 Å². The summed E-state index contributed by atoms with van der Waals surface area (Å²) in [7, 11) is 0. The molecule has 0 aliphatic rings. The Morgan fingerprint density at radius 1 is 1.44 bits per heavy atom. The number of nitrogens with zero attached hydrogens (tertiary/aromatic N) is 1. The van der Waals surface area contributed by atoms with Crippen LogP contribution in [0.4, 0.5) is 15.8 Å². The molecule has 0 radical (unpaired) electrons. The van der Waals surface area contributed by atoms with Gasteiger partial charge in [-0.05, 0) is 18.2 Å². The molecule has 2 aromatic rings. The molecule has 1 aromatic heterocycles. The number of amides is 1. The summed E-state index contributed by atoms with van der Waals surface area (Å²) < 4.78 is 12.9. The molecule has 1 aromatic carbocycles. The molecule has 6 nitrogen and oxygen atoms in total. The van der Waals surface area contributed by atoms with Crippen molar-refractivity contribution < 1.29 is 9.18 Å². The van der Waals surface area contributed by atoms with Gasteiger partial charge in [-0.1, -0.05) is 0 Å². The number of H-pyrrole nitrogens is 1. The molecule has 7 heteroatoms. The van der Waals surface area contributed by atoms with Gasteiger partial charge in [-0.3, -0.25) is 9.59 Å². The first-order valence-electron chi connectivity index (χ1n) is 4.97. The molecule has 4 N–H and O–H groups in total. The zero-order valence-electron chi connectivity index (χ0n) is 9.11. The first-order valence-corrected chi connectivity index (χ1v) is 4.97. The van der Waals surface area contributed by atoms with E-state index in [9.17, 15) is 14.0 Å². The molecule has 18 heavy (non-hydrogen) atoms. The Kier molecular flexibility index (Phi) is 3.05. The van der Waals surface area contributed by atoms with E-state index < -0.39 is 17.3 Å². The van der Waals surface area contributed by atoms with Gasteiger partial charge >= 0.3 is 0 Å². The van der Waals surface area contributed by atoms with Crippen LogP contribution in [0.15, 0.2) is 35.4 Å². The van der Waals surface area contributed by atoms with Crippen LogP contribution < -0.4 is 16.6 Å². The summed E-state index contributed by atoms with van der Waals surface area (Å²) in [6.45, 7) is 0. The van der Waals surface area contributed by atoms with Crippen LogP contribution in [0.25, 0.3) is 0 Å². The number of rotatable bonds is 2. The largest absolute Gasteiger partial charge is 0.396 e. The molecule has 0 fully saturated rings. The number of hydrogen-bond acceptors (Lipinski definition) is 4. The summed E-state index contributed by atoms with van der Waals surface area (Å²) in [6, 6.07) is 3.80. The highest BCUT2D eigenvalue weighted by Crippen LogP contribution is 2.16. The summed E-state index contributed by atoms with van der Waals surface area (Å²) in [5.74, 6) is -1.09. The van der Waals surface area contributed by atoms with Crippen LogP contribution in [-0.2, 0) is 0 Å². The third-order valence-electron chi connectivity index (χ3n) is 2.16. The van der Waals surface area contributed by atoms with E-state index in [0.29, 0.717) is 5.69 Å². The highest BCUT2D eigenvalue weighted by molar-refractivity contribution is 6.02. The molecule has 2 rings (SSSR count). The number of nitrogen functional groups attached to an aromatic ring is 1. The Hall–Kier alpha value is -2.70. The molecular formula is C11H9FN4O2. The van der Waals surface area contributed by atoms with E-state index in [2.05, 4.69) is 15.3 Å². The molecule has 0 aliphatic carbocycles. The molecule has 0 atom stereocenters. The fourth-order valence-corrected chi connectivity index (χ4v) is 1.28. The summed E-state index contributed by atoms with van der Waals surface area (Å²) >= 11 is 0. The standard InChI is InChI=1S/C11H9FN4O2/c12-7-2-1-6(3-8(7)13)16-11(18)9-4-15-10(17)5-14-9/h1-5H,13H2,(H,15,17)(H,16,18). The predicted octanol–water partition coefficient (Wildman–Crippen LogP) is 0.743. The fraction of sp³-hybridized carbons (Fsp3) is 0. The van der Waals surface area contributed by atoms with Gasteiger partial charge in [0.1, 0.15) is 11.5 Å². The number of aromatic nitrogens is 2. The minimum Gasteiger partial charge on any atom is -0.396 e. The maximum absolute atomic E-state index is 12.9. The third-order valence-corrected chi connectivity index (χ3v) is 2.16. The first kappa shape index (κ1) is 11.8. The molecule has 0 unspecified atom stereocenters. The first-order chi connectivity index (χ1) is 8.56. The van der Waals surface area contributed by atoms with Crippen LogP contribution in [-0.4, -0.2) is 15.9 Å². The summed E-state index contributed by atoms with van der Waals surface area (Å²) in [5, 5.41) is 2.48. The lowest BCUT2D eigenvalue weighted by atomic mass is 10.2. The Balaban J connectivity index is 2.18. The van der Waals surface area contributed by atoms with E-state index in [1.165, 1.54) is 18.3 Å². The topological polar surface area (TPSA) is 101 Å². The van der Waals surface area contributed by atoms with Gasteiger partial charge in [0.15, 0.2) is 0 Å². The van der Waals surface area contributed by atoms with Gasteiger partial charge in [0.05, 0.1) is 11.9 Å². The molecule has 0 saturated carbocycles. The number of nitrogens with one attached hydrogen (secondary N) is 2. The number of hydrogen-bond donors (Lipinski definition) is 3. The third kappa shape index (κ3) is 2.51. The van der Waals surface area contributed by atoms with E-state index in [4.69, 9.17) is 5.73 Å². The quantitative estimate of drug-likeness (QED) is 0.682. The van der Waals surface area contributed by atoms with Crippen molar-refractivity contribution in [3.63, 3.8) is 0 Å². The zero-order valence-corrected chi connectivity index (χ0v) is 9.11. The van der Waals surface area contributed by atoms with Gasteiger partial charge in [0.25, 0.3) is 11.5 Å². The monoisotopic (exact) mass is 248 g/mol. The second kappa shape index (κ2) is 4.66. The number of nitrogens with two attached hydrogens (primary N) is 1. The van der Waals surface area contributed by atoms with Crippen molar-refractivity contribution in [2.45, 2.75) is 0 Å². The number of anilines is 2. The second-order valence-electron chi connectivity index (χ2n) is 3.49. The van der Waals surface area contributed by atoms with Crippen LogP contribution in [0, 0.1) is 5.82 Å². The maximum atomic E-state index is 12.9. The van der Waals surface area contributed by atoms with Gasteiger partial charge in [0.2, 0.25) is 0 Å². The number of halogens is 1. The molecule has 92 valence electrons. The smallest absolute Gasteiger partial charge is 0.275 e. The Morgan fingerprint density at radius 2 is 2.22 bits per heavy atom. The zero-order chi connectivity index (χ0) is 13.1. The van der Waals surface area contributed by atoms with Gasteiger partial charge < -0.3 is 16.0 Å². The normalized spacial score (nSPS) is 10.1.